The number of anilines is 1. The molecule has 1 saturated heterocycles. The summed E-state index contributed by atoms with van der Waals surface area (Å²) in [5.74, 6) is 2.97. The Morgan fingerprint density at radius 1 is 1.00 bits per heavy atom. The molecular weight excluding hydrogens is 527 g/mol. The maximum atomic E-state index is 5.49. The van der Waals surface area contributed by atoms with Gasteiger partial charge in [-0.15, -0.1) is 24.0 Å². The lowest BCUT2D eigenvalue weighted by Gasteiger charge is -2.37. The minimum absolute atomic E-state index is 0. The zero-order valence-corrected chi connectivity index (χ0v) is 21.7. The standard InChI is InChI=1S/C25H32N6O.HI/c1-26-25(31-15-13-30(14-16-31)24-11-5-6-12-27-24)28-18-21-8-3-4-9-22(21)19-29(2)20-23-10-7-17-32-23;/h3-12,17H,13-16,18-20H2,1-2H3,(H,26,28);1H. The molecule has 1 aliphatic heterocycles. The molecule has 0 unspecified atom stereocenters. The summed E-state index contributed by atoms with van der Waals surface area (Å²) >= 11 is 0. The number of hydrogen-bond acceptors (Lipinski definition) is 5. The average Bonchev–Trinajstić information content (AvgIpc) is 3.34. The maximum Gasteiger partial charge on any atom is 0.194 e. The number of hydrogen-bond donors (Lipinski definition) is 1. The van der Waals surface area contributed by atoms with E-state index in [2.05, 4.69) is 67.4 Å². The molecule has 1 N–H and O–H groups in total. The SMILES string of the molecule is CN=C(NCc1ccccc1CN(C)Cc1ccco1)N1CCN(c2ccccn2)CC1.I. The van der Waals surface area contributed by atoms with Gasteiger partial charge in [-0.1, -0.05) is 30.3 Å². The van der Waals surface area contributed by atoms with Gasteiger partial charge in [0, 0.05) is 52.5 Å². The molecule has 176 valence electrons. The summed E-state index contributed by atoms with van der Waals surface area (Å²) < 4.78 is 5.49. The molecule has 7 nitrogen and oxygen atoms in total. The Kier molecular flexibility index (Phi) is 9.56. The van der Waals surface area contributed by atoms with Crippen LogP contribution >= 0.6 is 24.0 Å². The first-order valence-corrected chi connectivity index (χ1v) is 11.1. The first kappa shape index (κ1) is 25.0. The Labute approximate surface area is 213 Å². The molecule has 2 aromatic heterocycles. The van der Waals surface area contributed by atoms with Gasteiger partial charge in [-0.05, 0) is 42.4 Å². The third-order valence-corrected chi connectivity index (χ3v) is 5.77. The largest absolute Gasteiger partial charge is 0.468 e. The predicted molar refractivity (Wildman–Crippen MR) is 144 cm³/mol. The summed E-state index contributed by atoms with van der Waals surface area (Å²) in [6.45, 7) is 6.11. The molecule has 4 rings (SSSR count). The first-order chi connectivity index (χ1) is 15.7. The van der Waals surface area contributed by atoms with Gasteiger partial charge in [0.15, 0.2) is 5.96 Å². The van der Waals surface area contributed by atoms with Crippen LogP contribution in [0.15, 0.2) is 76.5 Å². The van der Waals surface area contributed by atoms with Crippen LogP contribution in [0.25, 0.3) is 0 Å². The first-order valence-electron chi connectivity index (χ1n) is 11.1. The van der Waals surface area contributed by atoms with E-state index in [1.807, 2.05) is 37.5 Å². The number of nitrogens with zero attached hydrogens (tertiary/aromatic N) is 5. The van der Waals surface area contributed by atoms with E-state index in [1.165, 1.54) is 11.1 Å². The van der Waals surface area contributed by atoms with E-state index in [4.69, 9.17) is 4.42 Å². The quantitative estimate of drug-likeness (QED) is 0.270. The van der Waals surface area contributed by atoms with E-state index in [9.17, 15) is 0 Å². The van der Waals surface area contributed by atoms with E-state index >= 15 is 0 Å². The van der Waals surface area contributed by atoms with Gasteiger partial charge in [-0.2, -0.15) is 0 Å². The number of pyridine rings is 1. The molecular formula is C25H33IN6O. The Morgan fingerprint density at radius 3 is 2.42 bits per heavy atom. The van der Waals surface area contributed by atoms with Gasteiger partial charge in [0.05, 0.1) is 12.8 Å². The molecule has 33 heavy (non-hydrogen) atoms. The molecule has 0 amide bonds. The molecule has 3 heterocycles. The third kappa shape index (κ3) is 6.94. The monoisotopic (exact) mass is 560 g/mol. The van der Waals surface area contributed by atoms with Crippen molar-refractivity contribution in [1.82, 2.24) is 20.1 Å². The summed E-state index contributed by atoms with van der Waals surface area (Å²) in [6, 6.07) is 18.6. The topological polar surface area (TPSA) is 60.1 Å². The fourth-order valence-electron chi connectivity index (χ4n) is 4.09. The lowest BCUT2D eigenvalue weighted by atomic mass is 10.1. The molecule has 0 aliphatic carbocycles. The number of furan rings is 1. The van der Waals surface area contributed by atoms with Crippen LogP contribution in [-0.4, -0.2) is 61.0 Å². The minimum Gasteiger partial charge on any atom is -0.468 e. The van der Waals surface area contributed by atoms with Crippen LogP contribution < -0.4 is 10.2 Å². The second-order valence-electron chi connectivity index (χ2n) is 8.08. The van der Waals surface area contributed by atoms with Gasteiger partial charge in [0.1, 0.15) is 11.6 Å². The fourth-order valence-corrected chi connectivity index (χ4v) is 4.09. The van der Waals surface area contributed by atoms with E-state index in [0.717, 1.165) is 63.4 Å². The molecule has 1 fully saturated rings. The molecule has 1 aromatic carbocycles. The van der Waals surface area contributed by atoms with Crippen molar-refractivity contribution in [3.63, 3.8) is 0 Å². The molecule has 0 radical (unpaired) electrons. The van der Waals surface area contributed by atoms with Crippen LogP contribution in [0.5, 0.6) is 0 Å². The zero-order valence-electron chi connectivity index (χ0n) is 19.4. The van der Waals surface area contributed by atoms with Gasteiger partial charge in [0.25, 0.3) is 0 Å². The van der Waals surface area contributed by atoms with Crippen LogP contribution in [0.1, 0.15) is 16.9 Å². The molecule has 3 aromatic rings. The second kappa shape index (κ2) is 12.6. The molecule has 0 spiro atoms. The van der Waals surface area contributed by atoms with Crippen molar-refractivity contribution in [3.8, 4) is 0 Å². The van der Waals surface area contributed by atoms with Gasteiger partial charge >= 0.3 is 0 Å². The van der Waals surface area contributed by atoms with E-state index in [1.54, 1.807) is 6.26 Å². The highest BCUT2D eigenvalue weighted by Crippen LogP contribution is 2.15. The highest BCUT2D eigenvalue weighted by atomic mass is 127. The minimum atomic E-state index is 0. The predicted octanol–water partition coefficient (Wildman–Crippen LogP) is 3.82. The Balaban J connectivity index is 0.00000306. The molecule has 0 saturated carbocycles. The molecule has 8 heteroatoms. The lowest BCUT2D eigenvalue weighted by Crippen LogP contribution is -2.52. The molecule has 0 atom stereocenters. The Morgan fingerprint density at radius 2 is 1.76 bits per heavy atom. The van der Waals surface area contributed by atoms with E-state index in [-0.39, 0.29) is 24.0 Å². The number of halogens is 1. The summed E-state index contributed by atoms with van der Waals surface area (Å²) in [5.41, 5.74) is 2.59. The normalized spacial score (nSPS) is 14.3. The fraction of sp³-hybridized carbons (Fsp3) is 0.360. The Hall–Kier alpha value is -2.59. The van der Waals surface area contributed by atoms with Gasteiger partial charge in [0.2, 0.25) is 0 Å². The van der Waals surface area contributed by atoms with Crippen LogP contribution in [0.3, 0.4) is 0 Å². The van der Waals surface area contributed by atoms with Gasteiger partial charge < -0.3 is 19.5 Å². The number of nitrogens with one attached hydrogen (secondary N) is 1. The van der Waals surface area contributed by atoms with Crippen molar-refractivity contribution >= 4 is 35.8 Å². The molecule has 0 bridgehead atoms. The number of benzene rings is 1. The highest BCUT2D eigenvalue weighted by Gasteiger charge is 2.20. The van der Waals surface area contributed by atoms with Crippen molar-refractivity contribution in [2.24, 2.45) is 4.99 Å². The summed E-state index contributed by atoms with van der Waals surface area (Å²) in [6.07, 6.45) is 3.58. The zero-order chi connectivity index (χ0) is 22.2. The summed E-state index contributed by atoms with van der Waals surface area (Å²) in [4.78, 5) is 15.9. The number of aliphatic imine (C=N–C) groups is 1. The number of aromatic nitrogens is 1. The third-order valence-electron chi connectivity index (χ3n) is 5.77. The number of guanidine groups is 1. The van der Waals surface area contributed by atoms with Gasteiger partial charge in [-0.3, -0.25) is 9.89 Å². The summed E-state index contributed by atoms with van der Waals surface area (Å²) in [5, 5.41) is 3.57. The summed E-state index contributed by atoms with van der Waals surface area (Å²) in [7, 11) is 3.98. The van der Waals surface area contributed by atoms with Crippen LogP contribution in [0.2, 0.25) is 0 Å². The highest BCUT2D eigenvalue weighted by molar-refractivity contribution is 14.0. The maximum absolute atomic E-state index is 5.49. The van der Waals surface area contributed by atoms with E-state index < -0.39 is 0 Å². The van der Waals surface area contributed by atoms with E-state index in [0.29, 0.717) is 0 Å². The van der Waals surface area contributed by atoms with Crippen molar-refractivity contribution in [3.05, 3.63) is 83.9 Å². The van der Waals surface area contributed by atoms with Crippen LogP contribution in [0, 0.1) is 0 Å². The van der Waals surface area contributed by atoms with Crippen molar-refractivity contribution in [2.45, 2.75) is 19.6 Å². The van der Waals surface area contributed by atoms with Crippen LogP contribution in [0.4, 0.5) is 5.82 Å². The average molecular weight is 560 g/mol. The van der Waals surface area contributed by atoms with Crippen molar-refractivity contribution in [2.75, 3.05) is 45.2 Å². The number of piperazine rings is 1. The van der Waals surface area contributed by atoms with Gasteiger partial charge in [-0.25, -0.2) is 4.98 Å². The smallest absolute Gasteiger partial charge is 0.194 e. The van der Waals surface area contributed by atoms with Crippen LogP contribution in [-0.2, 0) is 19.6 Å². The second-order valence-corrected chi connectivity index (χ2v) is 8.08. The molecule has 1 aliphatic rings. The lowest BCUT2D eigenvalue weighted by molar-refractivity contribution is 0.287. The van der Waals surface area contributed by atoms with Crippen molar-refractivity contribution < 1.29 is 4.42 Å². The van der Waals surface area contributed by atoms with Crippen molar-refractivity contribution in [1.29, 1.82) is 0 Å². The number of rotatable bonds is 7. The Bertz CT molecular complexity index is 987.